The second-order valence-corrected chi connectivity index (χ2v) is 8.27. The van der Waals surface area contributed by atoms with Crippen molar-refractivity contribution in [3.8, 4) is 11.8 Å². The number of pyridine rings is 1. The fourth-order valence-corrected chi connectivity index (χ4v) is 3.46. The predicted octanol–water partition coefficient (Wildman–Crippen LogP) is 5.69. The molecule has 0 fully saturated rings. The van der Waals surface area contributed by atoms with Gasteiger partial charge in [0.1, 0.15) is 5.82 Å². The summed E-state index contributed by atoms with van der Waals surface area (Å²) in [6, 6.07) is 11.1. The molecule has 0 spiro atoms. The lowest BCUT2D eigenvalue weighted by Crippen LogP contribution is -2.33. The molecule has 0 aliphatic heterocycles. The maximum Gasteiger partial charge on any atom is 0.418 e. The molecule has 0 radical (unpaired) electrons. The van der Waals surface area contributed by atoms with Gasteiger partial charge in [0.05, 0.1) is 29.8 Å². The van der Waals surface area contributed by atoms with E-state index in [2.05, 4.69) is 28.7 Å². The molecule has 0 aliphatic rings. The molecular formula is C28H20F7N3O2. The lowest BCUT2D eigenvalue weighted by Gasteiger charge is -2.21. The van der Waals surface area contributed by atoms with E-state index in [1.54, 1.807) is 24.3 Å². The second kappa shape index (κ2) is 12.5. The SMILES string of the molecule is C=CC(=O)NCc1cccc(C#CCN(C(=O)Cc2ncc(C(F)(F)F)cc2C(F)(F)F)c2ccc(F)cc2)c1. The van der Waals surface area contributed by atoms with Gasteiger partial charge in [-0.15, -0.1) is 0 Å². The van der Waals surface area contributed by atoms with E-state index in [0.29, 0.717) is 11.1 Å². The average Bonchev–Trinajstić information content (AvgIpc) is 2.89. The van der Waals surface area contributed by atoms with Crippen LogP contribution in [-0.2, 0) is 34.9 Å². The van der Waals surface area contributed by atoms with Crippen LogP contribution in [0.2, 0.25) is 0 Å². The van der Waals surface area contributed by atoms with Crippen LogP contribution in [0.5, 0.6) is 0 Å². The maximum atomic E-state index is 13.6. The molecule has 0 saturated heterocycles. The second-order valence-electron chi connectivity index (χ2n) is 8.27. The van der Waals surface area contributed by atoms with Crippen LogP contribution in [0, 0.1) is 17.7 Å². The van der Waals surface area contributed by atoms with Crippen LogP contribution in [0.25, 0.3) is 0 Å². The molecule has 0 bridgehead atoms. The number of hydrogen-bond donors (Lipinski definition) is 1. The maximum absolute atomic E-state index is 13.6. The number of carbonyl (C=O) groups is 2. The molecule has 208 valence electrons. The van der Waals surface area contributed by atoms with E-state index in [1.807, 2.05) is 0 Å². The largest absolute Gasteiger partial charge is 0.418 e. The standard InChI is InChI=1S/C28H20F7N3O2/c1-2-25(39)37-16-19-6-3-5-18(13-19)7-4-12-38(22-10-8-21(29)9-11-22)26(40)15-24-23(28(33,34)35)14-20(17-36-24)27(30,31)32/h2-3,5-6,8-11,13-14,17H,1,12,15-16H2,(H,37,39). The zero-order chi connectivity index (χ0) is 29.5. The van der Waals surface area contributed by atoms with Crippen molar-refractivity contribution >= 4 is 17.5 Å². The Labute approximate surface area is 224 Å². The van der Waals surface area contributed by atoms with Gasteiger partial charge >= 0.3 is 12.4 Å². The van der Waals surface area contributed by atoms with Gasteiger partial charge in [-0.3, -0.25) is 14.6 Å². The Bertz CT molecular complexity index is 1450. The molecule has 2 amide bonds. The van der Waals surface area contributed by atoms with Gasteiger partial charge in [0.15, 0.2) is 0 Å². The lowest BCUT2D eigenvalue weighted by atomic mass is 10.1. The van der Waals surface area contributed by atoms with E-state index < -0.39 is 47.3 Å². The molecule has 1 aromatic heterocycles. The van der Waals surface area contributed by atoms with Gasteiger partial charge in [0, 0.05) is 24.0 Å². The van der Waals surface area contributed by atoms with Crippen LogP contribution in [0.15, 0.2) is 73.4 Å². The van der Waals surface area contributed by atoms with Crippen LogP contribution >= 0.6 is 0 Å². The summed E-state index contributed by atoms with van der Waals surface area (Å²) in [6.07, 6.45) is -9.93. The minimum Gasteiger partial charge on any atom is -0.348 e. The number of carbonyl (C=O) groups excluding carboxylic acids is 2. The van der Waals surface area contributed by atoms with Crippen molar-refractivity contribution in [2.24, 2.45) is 0 Å². The Kier molecular flexibility index (Phi) is 9.31. The highest BCUT2D eigenvalue weighted by Gasteiger charge is 2.39. The smallest absolute Gasteiger partial charge is 0.348 e. The third kappa shape index (κ3) is 8.17. The molecule has 0 saturated carbocycles. The average molecular weight is 563 g/mol. The molecule has 2 aromatic carbocycles. The van der Waals surface area contributed by atoms with Crippen molar-refractivity contribution in [1.29, 1.82) is 0 Å². The number of anilines is 1. The molecule has 0 aliphatic carbocycles. The first kappa shape index (κ1) is 29.9. The summed E-state index contributed by atoms with van der Waals surface area (Å²) in [5.74, 6) is 3.56. The zero-order valence-corrected chi connectivity index (χ0v) is 20.5. The summed E-state index contributed by atoms with van der Waals surface area (Å²) in [4.78, 5) is 28.8. The molecule has 40 heavy (non-hydrogen) atoms. The first-order chi connectivity index (χ1) is 18.8. The summed E-state index contributed by atoms with van der Waals surface area (Å²) < 4.78 is 93.1. The summed E-state index contributed by atoms with van der Waals surface area (Å²) in [5, 5.41) is 2.60. The number of aromatic nitrogens is 1. The molecule has 5 nitrogen and oxygen atoms in total. The molecule has 0 atom stereocenters. The summed E-state index contributed by atoms with van der Waals surface area (Å²) in [6.45, 7) is 3.21. The van der Waals surface area contributed by atoms with Gasteiger partial charge in [0.2, 0.25) is 11.8 Å². The first-order valence-electron chi connectivity index (χ1n) is 11.4. The third-order valence-electron chi connectivity index (χ3n) is 5.41. The Morgan fingerprint density at radius 3 is 2.33 bits per heavy atom. The highest BCUT2D eigenvalue weighted by molar-refractivity contribution is 5.95. The molecule has 3 aromatic rings. The fraction of sp³-hybridized carbons (Fsp3) is 0.179. The highest BCUT2D eigenvalue weighted by Crippen LogP contribution is 2.36. The van der Waals surface area contributed by atoms with Gasteiger partial charge in [-0.25, -0.2) is 4.39 Å². The van der Waals surface area contributed by atoms with Crippen molar-refractivity contribution in [1.82, 2.24) is 10.3 Å². The lowest BCUT2D eigenvalue weighted by molar-refractivity contribution is -0.144. The van der Waals surface area contributed by atoms with Crippen molar-refractivity contribution in [3.05, 3.63) is 107 Å². The summed E-state index contributed by atoms with van der Waals surface area (Å²) in [7, 11) is 0. The third-order valence-corrected chi connectivity index (χ3v) is 5.41. The molecule has 12 heteroatoms. The van der Waals surface area contributed by atoms with Crippen molar-refractivity contribution < 1.29 is 40.3 Å². The van der Waals surface area contributed by atoms with Crippen LogP contribution in [0.4, 0.5) is 36.4 Å². The number of benzene rings is 2. The molecule has 1 heterocycles. The Morgan fingerprint density at radius 1 is 1.00 bits per heavy atom. The van der Waals surface area contributed by atoms with Gasteiger partial charge in [-0.05, 0) is 54.1 Å². The van der Waals surface area contributed by atoms with Crippen LogP contribution in [-0.4, -0.2) is 23.3 Å². The molecule has 0 unspecified atom stereocenters. The van der Waals surface area contributed by atoms with Gasteiger partial charge < -0.3 is 10.2 Å². The highest BCUT2D eigenvalue weighted by atomic mass is 19.4. The van der Waals surface area contributed by atoms with Gasteiger partial charge in [-0.2, -0.15) is 26.3 Å². The van der Waals surface area contributed by atoms with Crippen molar-refractivity contribution in [2.45, 2.75) is 25.3 Å². The van der Waals surface area contributed by atoms with Crippen LogP contribution in [0.1, 0.15) is 27.9 Å². The molecule has 1 N–H and O–H groups in total. The monoisotopic (exact) mass is 563 g/mol. The Hall–Kier alpha value is -4.66. The van der Waals surface area contributed by atoms with Gasteiger partial charge in [-0.1, -0.05) is 30.6 Å². The Balaban J connectivity index is 1.89. The number of halogens is 7. The normalized spacial score (nSPS) is 11.3. The van der Waals surface area contributed by atoms with E-state index in [-0.39, 0.29) is 36.9 Å². The fourth-order valence-electron chi connectivity index (χ4n) is 3.46. The zero-order valence-electron chi connectivity index (χ0n) is 20.5. The summed E-state index contributed by atoms with van der Waals surface area (Å²) >= 11 is 0. The van der Waals surface area contributed by atoms with E-state index in [4.69, 9.17) is 0 Å². The summed E-state index contributed by atoms with van der Waals surface area (Å²) in [5.41, 5.74) is -2.89. The minimum absolute atomic E-state index is 0.0951. The minimum atomic E-state index is -5.21. The van der Waals surface area contributed by atoms with E-state index in [1.165, 1.54) is 12.1 Å². The number of amides is 2. The van der Waals surface area contributed by atoms with E-state index >= 15 is 0 Å². The number of hydrogen-bond acceptors (Lipinski definition) is 3. The Morgan fingerprint density at radius 2 is 1.70 bits per heavy atom. The quantitative estimate of drug-likeness (QED) is 0.228. The first-order valence-corrected chi connectivity index (χ1v) is 11.4. The number of nitrogens with one attached hydrogen (secondary N) is 1. The number of alkyl halides is 6. The van der Waals surface area contributed by atoms with E-state index in [9.17, 15) is 40.3 Å². The topological polar surface area (TPSA) is 62.3 Å². The number of rotatable bonds is 7. The van der Waals surface area contributed by atoms with E-state index in [0.717, 1.165) is 23.1 Å². The van der Waals surface area contributed by atoms with Crippen LogP contribution in [0.3, 0.4) is 0 Å². The molecule has 3 rings (SSSR count). The van der Waals surface area contributed by atoms with Crippen LogP contribution < -0.4 is 10.2 Å². The predicted molar refractivity (Wildman–Crippen MR) is 132 cm³/mol. The van der Waals surface area contributed by atoms with Crippen molar-refractivity contribution in [2.75, 3.05) is 11.4 Å². The number of nitrogens with zero attached hydrogens (tertiary/aromatic N) is 2. The van der Waals surface area contributed by atoms with Crippen molar-refractivity contribution in [3.63, 3.8) is 0 Å². The molecular weight excluding hydrogens is 543 g/mol. The van der Waals surface area contributed by atoms with Gasteiger partial charge in [0.25, 0.3) is 0 Å².